The zero-order chi connectivity index (χ0) is 45.1. The van der Waals surface area contributed by atoms with Crippen LogP contribution in [0.1, 0.15) is 251 Å². The highest BCUT2D eigenvalue weighted by Crippen LogP contribution is 2.23. The molecule has 10 nitrogen and oxygen atoms in total. The fraction of sp³-hybridized carbons (Fsp3) is 0.923. The molecule has 6 atom stereocenters. The minimum Gasteiger partial charge on any atom is -0.462 e. The number of aliphatic hydroxyl groups excluding tert-OH is 4. The van der Waals surface area contributed by atoms with Crippen LogP contribution in [0, 0.1) is 0 Å². The number of unbranched alkanes of at least 4 members (excludes halogenated alkanes) is 32. The number of esters is 2. The predicted octanol–water partition coefficient (Wildman–Crippen LogP) is 12.3. The quantitative estimate of drug-likeness (QED) is 0.0264. The summed E-state index contributed by atoms with van der Waals surface area (Å²) in [6, 6.07) is 0. The van der Waals surface area contributed by atoms with Gasteiger partial charge in [-0.3, -0.25) is 9.59 Å². The molecule has 0 saturated carbocycles. The van der Waals surface area contributed by atoms with Crippen molar-refractivity contribution in [2.75, 3.05) is 19.8 Å². The van der Waals surface area contributed by atoms with Crippen molar-refractivity contribution in [3.63, 3.8) is 0 Å². The fourth-order valence-corrected chi connectivity index (χ4v) is 8.24. The van der Waals surface area contributed by atoms with E-state index in [1.54, 1.807) is 0 Å². The van der Waals surface area contributed by atoms with Gasteiger partial charge in [0.05, 0.1) is 13.2 Å². The Kier molecular flexibility index (Phi) is 40.9. The average Bonchev–Trinajstić information content (AvgIpc) is 3.27. The number of hydrogen-bond acceptors (Lipinski definition) is 10. The third kappa shape index (κ3) is 33.9. The Morgan fingerprint density at radius 1 is 0.484 bits per heavy atom. The van der Waals surface area contributed by atoms with Crippen molar-refractivity contribution in [2.45, 2.75) is 288 Å². The standard InChI is InChI=1S/C52H98O10/c1-3-5-7-9-11-13-15-17-19-20-21-22-23-24-25-27-29-31-33-35-37-39-41-48(55)61-45(44-60-52-51(58)50(57)49(56)46(42-53)62-52)43-59-47(54)40-38-36-34-32-30-28-26-18-16-14-12-10-8-6-4-2/h14,16,45-46,49-53,56-58H,3-13,15,17-44H2,1-2H3/b16-14+/t45-,46-,49+,50?,51?,52-/m1/s1. The third-order valence-electron chi connectivity index (χ3n) is 12.4. The minimum atomic E-state index is -1.59. The van der Waals surface area contributed by atoms with Gasteiger partial charge in [-0.1, -0.05) is 212 Å². The molecule has 1 saturated heterocycles. The highest BCUT2D eigenvalue weighted by molar-refractivity contribution is 5.70. The van der Waals surface area contributed by atoms with Gasteiger partial charge in [0, 0.05) is 12.8 Å². The first-order valence-electron chi connectivity index (χ1n) is 26.3. The number of hydrogen-bond donors (Lipinski definition) is 4. The average molecular weight is 883 g/mol. The molecule has 0 spiro atoms. The van der Waals surface area contributed by atoms with Gasteiger partial charge in [-0.05, 0) is 38.5 Å². The number of ether oxygens (including phenoxy) is 4. The number of aliphatic hydroxyl groups is 4. The predicted molar refractivity (Wildman–Crippen MR) is 252 cm³/mol. The van der Waals surface area contributed by atoms with Gasteiger partial charge in [0.2, 0.25) is 0 Å². The highest BCUT2D eigenvalue weighted by atomic mass is 16.7. The van der Waals surface area contributed by atoms with Gasteiger partial charge >= 0.3 is 11.9 Å². The summed E-state index contributed by atoms with van der Waals surface area (Å²) in [4.78, 5) is 25.4. The maximum absolute atomic E-state index is 12.8. The number of carbonyl (C=O) groups is 2. The van der Waals surface area contributed by atoms with E-state index in [9.17, 15) is 30.0 Å². The Labute approximate surface area is 380 Å². The number of allylic oxidation sites excluding steroid dienone is 2. The summed E-state index contributed by atoms with van der Waals surface area (Å²) in [5.41, 5.74) is 0. The topological polar surface area (TPSA) is 152 Å². The van der Waals surface area contributed by atoms with E-state index in [4.69, 9.17) is 18.9 Å². The lowest BCUT2D eigenvalue weighted by molar-refractivity contribution is -0.305. The van der Waals surface area contributed by atoms with Crippen LogP contribution in [0.25, 0.3) is 0 Å². The van der Waals surface area contributed by atoms with Crippen LogP contribution >= 0.6 is 0 Å². The van der Waals surface area contributed by atoms with E-state index in [1.807, 2.05) is 0 Å². The number of rotatable bonds is 45. The molecule has 0 aromatic heterocycles. The maximum atomic E-state index is 12.8. The summed E-state index contributed by atoms with van der Waals surface area (Å²) in [6.07, 6.45) is 40.8. The van der Waals surface area contributed by atoms with Gasteiger partial charge in [-0.2, -0.15) is 0 Å². The Balaban J connectivity index is 2.22. The number of carbonyl (C=O) groups excluding carboxylic acids is 2. The zero-order valence-corrected chi connectivity index (χ0v) is 40.1. The molecule has 1 heterocycles. The Morgan fingerprint density at radius 2 is 0.855 bits per heavy atom. The summed E-state index contributed by atoms with van der Waals surface area (Å²) in [7, 11) is 0. The molecule has 62 heavy (non-hydrogen) atoms. The molecule has 4 N–H and O–H groups in total. The van der Waals surface area contributed by atoms with Gasteiger partial charge in [0.25, 0.3) is 0 Å². The van der Waals surface area contributed by atoms with Crippen molar-refractivity contribution < 1.29 is 49.0 Å². The molecule has 366 valence electrons. The van der Waals surface area contributed by atoms with E-state index in [0.717, 1.165) is 51.4 Å². The second-order valence-electron chi connectivity index (χ2n) is 18.3. The van der Waals surface area contributed by atoms with Crippen molar-refractivity contribution in [2.24, 2.45) is 0 Å². The smallest absolute Gasteiger partial charge is 0.306 e. The van der Waals surface area contributed by atoms with E-state index < -0.39 is 49.4 Å². The molecule has 0 radical (unpaired) electrons. The van der Waals surface area contributed by atoms with E-state index in [0.29, 0.717) is 6.42 Å². The minimum absolute atomic E-state index is 0.214. The molecular formula is C52H98O10. The van der Waals surface area contributed by atoms with Crippen LogP contribution in [0.5, 0.6) is 0 Å². The van der Waals surface area contributed by atoms with Gasteiger partial charge in [0.15, 0.2) is 12.4 Å². The largest absolute Gasteiger partial charge is 0.462 e. The SMILES string of the molecule is CCCCCC/C=C/CCCCCCCCCC(=O)OC[C@H](CO[C@@H]1O[C@H](CO)[C@H](O)C(O)C1O)OC(=O)CCCCCCCCCCCCCCCCCCCCCCCC. The molecule has 0 amide bonds. The van der Waals surface area contributed by atoms with E-state index >= 15 is 0 Å². The van der Waals surface area contributed by atoms with E-state index in [1.165, 1.54) is 167 Å². The van der Waals surface area contributed by atoms with Crippen molar-refractivity contribution >= 4 is 11.9 Å². The molecule has 1 aliphatic rings. The molecule has 1 aliphatic heterocycles. The van der Waals surface area contributed by atoms with Crippen LogP contribution in [0.2, 0.25) is 0 Å². The summed E-state index contributed by atoms with van der Waals surface area (Å²) in [6.45, 7) is 3.45. The van der Waals surface area contributed by atoms with Crippen molar-refractivity contribution in [3.05, 3.63) is 12.2 Å². The lowest BCUT2D eigenvalue weighted by atomic mass is 9.99. The van der Waals surface area contributed by atoms with Crippen LogP contribution in [0.15, 0.2) is 12.2 Å². The highest BCUT2D eigenvalue weighted by Gasteiger charge is 2.44. The Bertz CT molecular complexity index is 1020. The molecule has 1 fully saturated rings. The summed E-state index contributed by atoms with van der Waals surface area (Å²) < 4.78 is 22.3. The second kappa shape index (κ2) is 43.3. The fourth-order valence-electron chi connectivity index (χ4n) is 8.24. The lowest BCUT2D eigenvalue weighted by Gasteiger charge is -2.39. The maximum Gasteiger partial charge on any atom is 0.306 e. The van der Waals surface area contributed by atoms with Crippen LogP contribution < -0.4 is 0 Å². The van der Waals surface area contributed by atoms with Crippen LogP contribution in [-0.4, -0.2) is 89.0 Å². The van der Waals surface area contributed by atoms with Gasteiger partial charge in [0.1, 0.15) is 31.0 Å². The second-order valence-corrected chi connectivity index (χ2v) is 18.3. The summed E-state index contributed by atoms with van der Waals surface area (Å²) in [5, 5.41) is 40.2. The molecule has 0 bridgehead atoms. The van der Waals surface area contributed by atoms with Crippen LogP contribution in [0.3, 0.4) is 0 Å². The third-order valence-corrected chi connectivity index (χ3v) is 12.4. The summed E-state index contributed by atoms with van der Waals surface area (Å²) in [5.74, 6) is -0.796. The Hall–Kier alpha value is -1.56. The van der Waals surface area contributed by atoms with Crippen molar-refractivity contribution in [1.29, 1.82) is 0 Å². The van der Waals surface area contributed by atoms with Gasteiger partial charge in [-0.25, -0.2) is 0 Å². The molecule has 0 aromatic rings. The molecule has 0 aliphatic carbocycles. The lowest BCUT2D eigenvalue weighted by Crippen LogP contribution is -2.59. The first-order chi connectivity index (χ1) is 30.3. The molecule has 0 aromatic carbocycles. The molecular weight excluding hydrogens is 785 g/mol. The van der Waals surface area contributed by atoms with E-state index in [-0.39, 0.29) is 32.0 Å². The first-order valence-corrected chi connectivity index (χ1v) is 26.3. The first kappa shape index (κ1) is 58.5. The molecule has 2 unspecified atom stereocenters. The summed E-state index contributed by atoms with van der Waals surface area (Å²) >= 11 is 0. The van der Waals surface area contributed by atoms with E-state index in [2.05, 4.69) is 26.0 Å². The normalized spacial score (nSPS) is 19.6. The van der Waals surface area contributed by atoms with Gasteiger partial charge < -0.3 is 39.4 Å². The Morgan fingerprint density at radius 3 is 1.27 bits per heavy atom. The van der Waals surface area contributed by atoms with Crippen molar-refractivity contribution in [1.82, 2.24) is 0 Å². The van der Waals surface area contributed by atoms with Crippen LogP contribution in [0.4, 0.5) is 0 Å². The van der Waals surface area contributed by atoms with Gasteiger partial charge in [-0.15, -0.1) is 0 Å². The monoisotopic (exact) mass is 883 g/mol. The van der Waals surface area contributed by atoms with Crippen LogP contribution in [-0.2, 0) is 28.5 Å². The van der Waals surface area contributed by atoms with Crippen molar-refractivity contribution in [3.8, 4) is 0 Å². The molecule has 1 rings (SSSR count). The zero-order valence-electron chi connectivity index (χ0n) is 40.1. The molecule has 10 heteroatoms.